The largest absolute Gasteiger partial charge is 0.312 e. The predicted molar refractivity (Wildman–Crippen MR) is 92.9 cm³/mol. The van der Waals surface area contributed by atoms with Gasteiger partial charge >= 0.3 is 0 Å². The van der Waals surface area contributed by atoms with Crippen molar-refractivity contribution in [1.82, 2.24) is 10.3 Å². The molecule has 1 heterocycles. The van der Waals surface area contributed by atoms with Crippen LogP contribution in [0, 0.1) is 0 Å². The summed E-state index contributed by atoms with van der Waals surface area (Å²) in [6.07, 6.45) is 3.04. The number of nitrogens with zero attached hydrogens (tertiary/aromatic N) is 1. The van der Waals surface area contributed by atoms with Crippen LogP contribution in [-0.4, -0.2) is 17.3 Å². The molecule has 0 bridgehead atoms. The Labute approximate surface area is 138 Å². The highest BCUT2D eigenvalue weighted by Crippen LogP contribution is 2.44. The number of thioether (sulfide) groups is 1. The smallest absolute Gasteiger partial charge is 0.0964 e. The summed E-state index contributed by atoms with van der Waals surface area (Å²) in [4.78, 5) is 4.51. The molecule has 2 aromatic rings. The van der Waals surface area contributed by atoms with E-state index in [0.29, 0.717) is 17.2 Å². The van der Waals surface area contributed by atoms with Crippen molar-refractivity contribution < 1.29 is 0 Å². The van der Waals surface area contributed by atoms with Crippen LogP contribution in [0.25, 0.3) is 0 Å². The number of nitrogens with one attached hydrogen (secondary N) is 1. The van der Waals surface area contributed by atoms with Gasteiger partial charge in [-0.15, -0.1) is 11.8 Å². The highest BCUT2D eigenvalue weighted by atomic mass is 79.9. The van der Waals surface area contributed by atoms with E-state index in [9.17, 15) is 0 Å². The third-order valence-corrected chi connectivity index (χ3v) is 5.82. The summed E-state index contributed by atoms with van der Waals surface area (Å²) in [5, 5.41) is 5.11. The molecule has 0 fully saturated rings. The van der Waals surface area contributed by atoms with Gasteiger partial charge in [-0.1, -0.05) is 31.2 Å². The van der Waals surface area contributed by atoms with Gasteiger partial charge in [0.1, 0.15) is 0 Å². The molecule has 3 unspecified atom stereocenters. The maximum atomic E-state index is 4.51. The van der Waals surface area contributed by atoms with Crippen LogP contribution in [0.1, 0.15) is 36.4 Å². The highest BCUT2D eigenvalue weighted by molar-refractivity contribution is 9.10. The molecule has 110 valence electrons. The molecule has 2 nitrogen and oxygen atoms in total. The van der Waals surface area contributed by atoms with E-state index < -0.39 is 0 Å². The summed E-state index contributed by atoms with van der Waals surface area (Å²) in [5.74, 6) is 0.596. The third-order valence-electron chi connectivity index (χ3n) is 4.10. The van der Waals surface area contributed by atoms with Gasteiger partial charge in [0.2, 0.25) is 0 Å². The molecule has 0 saturated carbocycles. The minimum Gasteiger partial charge on any atom is -0.312 e. The van der Waals surface area contributed by atoms with Gasteiger partial charge in [-0.2, -0.15) is 0 Å². The molecule has 0 amide bonds. The van der Waals surface area contributed by atoms with Crippen LogP contribution in [0.15, 0.2) is 52.1 Å². The molecule has 0 radical (unpaired) electrons. The minimum atomic E-state index is 0.382. The molecule has 1 aromatic heterocycles. The molecule has 1 aliphatic carbocycles. The van der Waals surface area contributed by atoms with E-state index in [1.807, 2.05) is 18.0 Å². The summed E-state index contributed by atoms with van der Waals surface area (Å²) >= 11 is 5.32. The maximum Gasteiger partial charge on any atom is 0.0964 e. The second kappa shape index (κ2) is 6.51. The zero-order chi connectivity index (χ0) is 14.8. The fourth-order valence-corrected chi connectivity index (χ4v) is 4.71. The van der Waals surface area contributed by atoms with Crippen LogP contribution in [0.5, 0.6) is 0 Å². The zero-order valence-electron chi connectivity index (χ0n) is 12.2. The molecule has 1 N–H and O–H groups in total. The van der Waals surface area contributed by atoms with Gasteiger partial charge in [0.05, 0.1) is 5.03 Å². The first-order valence-electron chi connectivity index (χ1n) is 7.23. The Morgan fingerprint density at radius 2 is 1.95 bits per heavy atom. The first kappa shape index (κ1) is 15.1. The molecule has 1 aliphatic rings. The first-order valence-corrected chi connectivity index (χ1v) is 8.90. The predicted octanol–water partition coefficient (Wildman–Crippen LogP) is 4.77. The van der Waals surface area contributed by atoms with Crippen LogP contribution in [0.3, 0.4) is 0 Å². The number of hydrogen-bond acceptors (Lipinski definition) is 3. The molecule has 1 aromatic carbocycles. The summed E-state index contributed by atoms with van der Waals surface area (Å²) in [6.45, 7) is 2.33. The molecule has 4 heteroatoms. The fraction of sp³-hybridized carbons (Fsp3) is 0.353. The monoisotopic (exact) mass is 362 g/mol. The lowest BCUT2D eigenvalue weighted by molar-refractivity contribution is 0.473. The lowest BCUT2D eigenvalue weighted by Gasteiger charge is -2.36. The van der Waals surface area contributed by atoms with Crippen molar-refractivity contribution in [3.8, 4) is 0 Å². The SMILES string of the molecule is CNC1c2ccccc2C(C)CC1Sc1ccc(Br)cn1. The molecular weight excluding hydrogens is 344 g/mol. The number of fused-ring (bicyclic) bond motifs is 1. The lowest BCUT2D eigenvalue weighted by atomic mass is 9.81. The Hall–Kier alpha value is -0.840. The van der Waals surface area contributed by atoms with Crippen molar-refractivity contribution in [3.63, 3.8) is 0 Å². The lowest BCUT2D eigenvalue weighted by Crippen LogP contribution is -2.33. The third kappa shape index (κ3) is 3.17. The van der Waals surface area contributed by atoms with Gasteiger partial charge in [-0.3, -0.25) is 0 Å². The number of pyridine rings is 1. The van der Waals surface area contributed by atoms with Gasteiger partial charge in [-0.05, 0) is 58.6 Å². The zero-order valence-corrected chi connectivity index (χ0v) is 14.6. The fourth-order valence-electron chi connectivity index (χ4n) is 3.10. The first-order chi connectivity index (χ1) is 10.2. The van der Waals surface area contributed by atoms with E-state index >= 15 is 0 Å². The maximum absolute atomic E-state index is 4.51. The van der Waals surface area contributed by atoms with Crippen molar-refractivity contribution in [2.24, 2.45) is 0 Å². The number of hydrogen-bond donors (Lipinski definition) is 1. The summed E-state index contributed by atoms with van der Waals surface area (Å²) in [5.41, 5.74) is 2.92. The van der Waals surface area contributed by atoms with E-state index in [1.165, 1.54) is 17.5 Å². The Morgan fingerprint density at radius 3 is 2.62 bits per heavy atom. The van der Waals surface area contributed by atoms with Gasteiger partial charge in [0.15, 0.2) is 0 Å². The topological polar surface area (TPSA) is 24.9 Å². The molecule has 0 saturated heterocycles. The summed E-state index contributed by atoms with van der Waals surface area (Å²) in [7, 11) is 2.06. The van der Waals surface area contributed by atoms with Crippen molar-refractivity contribution in [2.75, 3.05) is 7.05 Å². The van der Waals surface area contributed by atoms with Gasteiger partial charge < -0.3 is 5.32 Å². The van der Waals surface area contributed by atoms with E-state index in [2.05, 4.69) is 76.6 Å². The second-order valence-electron chi connectivity index (χ2n) is 5.50. The number of aromatic nitrogens is 1. The van der Waals surface area contributed by atoms with E-state index in [1.54, 1.807) is 0 Å². The Balaban J connectivity index is 1.87. The average Bonchev–Trinajstić information content (AvgIpc) is 2.50. The molecule has 3 rings (SSSR count). The van der Waals surface area contributed by atoms with Crippen LogP contribution < -0.4 is 5.32 Å². The summed E-state index contributed by atoms with van der Waals surface area (Å²) < 4.78 is 1.03. The van der Waals surface area contributed by atoms with Gasteiger partial charge in [0, 0.05) is 22.0 Å². The van der Waals surface area contributed by atoms with Gasteiger partial charge in [-0.25, -0.2) is 4.98 Å². The minimum absolute atomic E-state index is 0.382. The summed E-state index contributed by atoms with van der Waals surface area (Å²) in [6, 6.07) is 13.3. The van der Waals surface area contributed by atoms with Crippen molar-refractivity contribution in [3.05, 3.63) is 58.2 Å². The Morgan fingerprint density at radius 1 is 1.19 bits per heavy atom. The molecule has 0 aliphatic heterocycles. The number of halogens is 1. The van der Waals surface area contributed by atoms with Crippen molar-refractivity contribution >= 4 is 27.7 Å². The standard InChI is InChI=1S/C17H19BrN2S/c1-11-9-15(21-16-8-7-12(18)10-20-16)17(19-2)14-6-4-3-5-13(11)14/h3-8,10-11,15,17,19H,9H2,1-2H3. The highest BCUT2D eigenvalue weighted by Gasteiger charge is 2.32. The quantitative estimate of drug-likeness (QED) is 0.850. The van der Waals surface area contributed by atoms with Crippen molar-refractivity contribution in [2.45, 2.75) is 35.6 Å². The molecule has 21 heavy (non-hydrogen) atoms. The van der Waals surface area contributed by atoms with Crippen LogP contribution in [0.2, 0.25) is 0 Å². The van der Waals surface area contributed by atoms with E-state index in [4.69, 9.17) is 0 Å². The average molecular weight is 363 g/mol. The molecule has 0 spiro atoms. The van der Waals surface area contributed by atoms with E-state index in [0.717, 1.165) is 9.50 Å². The van der Waals surface area contributed by atoms with Crippen molar-refractivity contribution in [1.29, 1.82) is 0 Å². The van der Waals surface area contributed by atoms with E-state index in [-0.39, 0.29) is 0 Å². The second-order valence-corrected chi connectivity index (χ2v) is 7.68. The normalized spacial score (nSPS) is 24.6. The molecular formula is C17H19BrN2S. The Bertz CT molecular complexity index is 614. The number of rotatable bonds is 3. The van der Waals surface area contributed by atoms with Gasteiger partial charge in [0.25, 0.3) is 0 Å². The van der Waals surface area contributed by atoms with Crippen LogP contribution in [0.4, 0.5) is 0 Å². The van der Waals surface area contributed by atoms with Crippen LogP contribution >= 0.6 is 27.7 Å². The number of benzene rings is 1. The molecule has 3 atom stereocenters. The Kier molecular flexibility index (Phi) is 4.67. The van der Waals surface area contributed by atoms with Crippen LogP contribution in [-0.2, 0) is 0 Å².